The van der Waals surface area contributed by atoms with Crippen LogP contribution < -0.4 is 10.1 Å². The normalized spacial score (nSPS) is 10.6. The summed E-state index contributed by atoms with van der Waals surface area (Å²) in [6.45, 7) is 6.92. The standard InChI is InChI=1S/C16H25NO2/c1-5-14-11-13(6-7-15(14)19-4)8-9-17-16(18)10-12(2)3/h6-7,11-12H,5,8-10H2,1-4H3,(H,17,18). The van der Waals surface area contributed by atoms with Crippen LogP contribution in [0, 0.1) is 5.92 Å². The molecule has 0 spiro atoms. The first-order valence-corrected chi connectivity index (χ1v) is 6.99. The molecule has 0 saturated heterocycles. The van der Waals surface area contributed by atoms with Crippen LogP contribution in [0.3, 0.4) is 0 Å². The van der Waals surface area contributed by atoms with Crippen molar-refractivity contribution >= 4 is 5.91 Å². The van der Waals surface area contributed by atoms with E-state index in [0.717, 1.165) is 18.6 Å². The second kappa shape index (κ2) is 7.82. The Kier molecular flexibility index (Phi) is 6.40. The van der Waals surface area contributed by atoms with Crippen LogP contribution in [0.25, 0.3) is 0 Å². The molecule has 106 valence electrons. The molecule has 0 aliphatic rings. The number of carbonyl (C=O) groups is 1. The fraction of sp³-hybridized carbons (Fsp3) is 0.562. The molecule has 0 heterocycles. The molecular weight excluding hydrogens is 238 g/mol. The van der Waals surface area contributed by atoms with Crippen molar-refractivity contribution in [2.45, 2.75) is 40.0 Å². The lowest BCUT2D eigenvalue weighted by Gasteiger charge is -2.10. The highest BCUT2D eigenvalue weighted by Crippen LogP contribution is 2.20. The van der Waals surface area contributed by atoms with E-state index >= 15 is 0 Å². The maximum Gasteiger partial charge on any atom is 0.220 e. The molecule has 0 unspecified atom stereocenters. The molecule has 0 aromatic heterocycles. The van der Waals surface area contributed by atoms with Crippen molar-refractivity contribution < 1.29 is 9.53 Å². The van der Waals surface area contributed by atoms with Gasteiger partial charge in [-0.1, -0.05) is 32.9 Å². The number of carbonyl (C=O) groups excluding carboxylic acids is 1. The van der Waals surface area contributed by atoms with Gasteiger partial charge in [-0.15, -0.1) is 0 Å². The van der Waals surface area contributed by atoms with E-state index < -0.39 is 0 Å². The van der Waals surface area contributed by atoms with Gasteiger partial charge in [-0.05, 0) is 36.0 Å². The van der Waals surface area contributed by atoms with Crippen LogP contribution >= 0.6 is 0 Å². The van der Waals surface area contributed by atoms with E-state index in [-0.39, 0.29) is 5.91 Å². The average Bonchev–Trinajstić information content (AvgIpc) is 2.37. The Labute approximate surface area is 116 Å². The lowest BCUT2D eigenvalue weighted by atomic mass is 10.1. The van der Waals surface area contributed by atoms with Crippen molar-refractivity contribution in [1.29, 1.82) is 0 Å². The van der Waals surface area contributed by atoms with E-state index in [4.69, 9.17) is 4.74 Å². The van der Waals surface area contributed by atoms with Crippen molar-refractivity contribution in [2.75, 3.05) is 13.7 Å². The highest BCUT2D eigenvalue weighted by molar-refractivity contribution is 5.76. The van der Waals surface area contributed by atoms with Crippen molar-refractivity contribution in [2.24, 2.45) is 5.92 Å². The third-order valence-electron chi connectivity index (χ3n) is 3.06. The average molecular weight is 263 g/mol. The molecule has 0 atom stereocenters. The summed E-state index contributed by atoms with van der Waals surface area (Å²) in [5.41, 5.74) is 2.45. The Hall–Kier alpha value is -1.51. The Bertz CT molecular complexity index is 413. The van der Waals surface area contributed by atoms with Gasteiger partial charge in [0.25, 0.3) is 0 Å². The largest absolute Gasteiger partial charge is 0.496 e. The fourth-order valence-corrected chi connectivity index (χ4v) is 2.05. The minimum absolute atomic E-state index is 0.138. The summed E-state index contributed by atoms with van der Waals surface area (Å²) in [6, 6.07) is 6.23. The molecule has 19 heavy (non-hydrogen) atoms. The van der Waals surface area contributed by atoms with Gasteiger partial charge in [0.15, 0.2) is 0 Å². The van der Waals surface area contributed by atoms with E-state index in [1.165, 1.54) is 11.1 Å². The third-order valence-corrected chi connectivity index (χ3v) is 3.06. The number of amides is 1. The van der Waals surface area contributed by atoms with Crippen LogP contribution in [0.2, 0.25) is 0 Å². The summed E-state index contributed by atoms with van der Waals surface area (Å²) in [4.78, 5) is 11.5. The second-order valence-corrected chi connectivity index (χ2v) is 5.20. The molecule has 1 rings (SSSR count). The number of aryl methyl sites for hydroxylation is 1. The number of nitrogens with one attached hydrogen (secondary N) is 1. The van der Waals surface area contributed by atoms with Gasteiger partial charge in [0.05, 0.1) is 7.11 Å². The molecule has 0 saturated carbocycles. The summed E-state index contributed by atoms with van der Waals surface area (Å²) in [7, 11) is 1.69. The predicted octanol–water partition coefficient (Wildman–Crippen LogP) is 2.96. The monoisotopic (exact) mass is 263 g/mol. The van der Waals surface area contributed by atoms with Crippen LogP contribution in [0.1, 0.15) is 38.3 Å². The van der Waals surface area contributed by atoms with Gasteiger partial charge < -0.3 is 10.1 Å². The van der Waals surface area contributed by atoms with E-state index in [2.05, 4.69) is 38.2 Å². The molecule has 3 nitrogen and oxygen atoms in total. The predicted molar refractivity (Wildman–Crippen MR) is 78.5 cm³/mol. The molecule has 0 aliphatic heterocycles. The van der Waals surface area contributed by atoms with Crippen molar-refractivity contribution in [3.63, 3.8) is 0 Å². The maximum atomic E-state index is 11.5. The maximum absolute atomic E-state index is 11.5. The van der Waals surface area contributed by atoms with Crippen LogP contribution in [0.15, 0.2) is 18.2 Å². The van der Waals surface area contributed by atoms with Crippen LogP contribution in [0.5, 0.6) is 5.75 Å². The van der Waals surface area contributed by atoms with Crippen LogP contribution in [0.4, 0.5) is 0 Å². The lowest BCUT2D eigenvalue weighted by molar-refractivity contribution is -0.121. The van der Waals surface area contributed by atoms with Gasteiger partial charge >= 0.3 is 0 Å². The third kappa shape index (κ3) is 5.33. The highest BCUT2D eigenvalue weighted by atomic mass is 16.5. The topological polar surface area (TPSA) is 38.3 Å². The molecule has 0 fully saturated rings. The van der Waals surface area contributed by atoms with Gasteiger partial charge in [0.1, 0.15) is 5.75 Å². The Morgan fingerprint density at radius 3 is 2.68 bits per heavy atom. The van der Waals surface area contributed by atoms with E-state index in [0.29, 0.717) is 18.9 Å². The number of rotatable bonds is 7. The first-order chi connectivity index (χ1) is 9.06. The van der Waals surface area contributed by atoms with Gasteiger partial charge in [-0.2, -0.15) is 0 Å². The second-order valence-electron chi connectivity index (χ2n) is 5.20. The zero-order chi connectivity index (χ0) is 14.3. The van der Waals surface area contributed by atoms with E-state index in [1.54, 1.807) is 7.11 Å². The Balaban J connectivity index is 2.47. The Morgan fingerprint density at radius 2 is 2.11 bits per heavy atom. The molecule has 1 amide bonds. The lowest BCUT2D eigenvalue weighted by Crippen LogP contribution is -2.26. The number of benzene rings is 1. The fourth-order valence-electron chi connectivity index (χ4n) is 2.05. The van der Waals surface area contributed by atoms with Crippen LogP contribution in [-0.4, -0.2) is 19.6 Å². The van der Waals surface area contributed by atoms with Gasteiger partial charge in [-0.25, -0.2) is 0 Å². The minimum Gasteiger partial charge on any atom is -0.496 e. The van der Waals surface area contributed by atoms with Crippen molar-refractivity contribution in [3.8, 4) is 5.75 Å². The summed E-state index contributed by atoms with van der Waals surface area (Å²) >= 11 is 0. The zero-order valence-corrected chi connectivity index (χ0v) is 12.5. The summed E-state index contributed by atoms with van der Waals surface area (Å²) in [5.74, 6) is 1.49. The molecule has 0 aliphatic carbocycles. The Morgan fingerprint density at radius 1 is 1.37 bits per heavy atom. The highest BCUT2D eigenvalue weighted by Gasteiger charge is 2.05. The first-order valence-electron chi connectivity index (χ1n) is 6.99. The molecule has 1 aromatic carbocycles. The number of hydrogen-bond donors (Lipinski definition) is 1. The quantitative estimate of drug-likeness (QED) is 0.821. The molecule has 1 N–H and O–H groups in total. The van der Waals surface area contributed by atoms with Gasteiger partial charge in [0, 0.05) is 13.0 Å². The molecular formula is C16H25NO2. The van der Waals surface area contributed by atoms with E-state index in [9.17, 15) is 4.79 Å². The van der Waals surface area contributed by atoms with Gasteiger partial charge in [0.2, 0.25) is 5.91 Å². The SMILES string of the molecule is CCc1cc(CCNC(=O)CC(C)C)ccc1OC. The smallest absolute Gasteiger partial charge is 0.220 e. The summed E-state index contributed by atoms with van der Waals surface area (Å²) in [5, 5.41) is 2.96. The molecule has 1 aromatic rings. The minimum atomic E-state index is 0.138. The molecule has 0 bridgehead atoms. The number of methoxy groups -OCH3 is 1. The zero-order valence-electron chi connectivity index (χ0n) is 12.5. The first kappa shape index (κ1) is 15.5. The number of hydrogen-bond acceptors (Lipinski definition) is 2. The summed E-state index contributed by atoms with van der Waals surface area (Å²) < 4.78 is 5.31. The van der Waals surface area contributed by atoms with Crippen molar-refractivity contribution in [3.05, 3.63) is 29.3 Å². The van der Waals surface area contributed by atoms with E-state index in [1.807, 2.05) is 6.07 Å². The van der Waals surface area contributed by atoms with Gasteiger partial charge in [-0.3, -0.25) is 4.79 Å². The molecule has 3 heteroatoms. The number of ether oxygens (including phenoxy) is 1. The summed E-state index contributed by atoms with van der Waals surface area (Å²) in [6.07, 6.45) is 2.42. The van der Waals surface area contributed by atoms with Crippen molar-refractivity contribution in [1.82, 2.24) is 5.32 Å². The molecule has 0 radical (unpaired) electrons. The van der Waals surface area contributed by atoms with Crippen LogP contribution in [-0.2, 0) is 17.6 Å².